The third-order valence-electron chi connectivity index (χ3n) is 2.72. The first-order chi connectivity index (χ1) is 9.22. The summed E-state index contributed by atoms with van der Waals surface area (Å²) in [6.45, 7) is 6.44. The number of benzene rings is 1. The minimum absolute atomic E-state index is 0.469. The molecule has 2 rings (SSSR count). The molecule has 104 valence electrons. The predicted octanol–water partition coefficient (Wildman–Crippen LogP) is 3.39. The molecule has 4 nitrogen and oxygen atoms in total. The van der Waals surface area contributed by atoms with E-state index >= 15 is 0 Å². The molecule has 0 bridgehead atoms. The maximum Gasteiger partial charge on any atom is 0.183 e. The summed E-state index contributed by atoms with van der Waals surface area (Å²) in [4.78, 5) is 4.56. The Hall–Kier alpha value is -1.33. The van der Waals surface area contributed by atoms with Gasteiger partial charge in [-0.2, -0.15) is 0 Å². The summed E-state index contributed by atoms with van der Waals surface area (Å²) >= 11 is 1.65. The fourth-order valence-corrected chi connectivity index (χ4v) is 2.74. The van der Waals surface area contributed by atoms with Crippen LogP contribution in [0.5, 0.6) is 5.75 Å². The van der Waals surface area contributed by atoms with Crippen molar-refractivity contribution in [2.45, 2.75) is 13.8 Å². The van der Waals surface area contributed by atoms with Crippen LogP contribution < -0.4 is 10.1 Å². The highest BCUT2D eigenvalue weighted by Gasteiger charge is 2.07. The van der Waals surface area contributed by atoms with Gasteiger partial charge in [0.1, 0.15) is 5.75 Å². The van der Waals surface area contributed by atoms with Gasteiger partial charge < -0.3 is 14.8 Å². The van der Waals surface area contributed by atoms with Crippen LogP contribution in [0.2, 0.25) is 0 Å². The van der Waals surface area contributed by atoms with Gasteiger partial charge >= 0.3 is 0 Å². The van der Waals surface area contributed by atoms with Crippen molar-refractivity contribution in [3.63, 3.8) is 0 Å². The maximum absolute atomic E-state index is 5.50. The number of ether oxygens (including phenoxy) is 2. The van der Waals surface area contributed by atoms with Gasteiger partial charge in [-0.05, 0) is 31.0 Å². The minimum atomic E-state index is 0.469. The van der Waals surface area contributed by atoms with Crippen molar-refractivity contribution in [2.75, 3.05) is 32.2 Å². The number of aromatic nitrogens is 1. The number of hydrogen-bond donors (Lipinski definition) is 1. The van der Waals surface area contributed by atoms with E-state index in [0.717, 1.165) is 34.2 Å². The molecule has 0 aliphatic rings. The Morgan fingerprint density at radius 2 is 2.26 bits per heavy atom. The molecule has 0 amide bonds. The Bertz CT molecular complexity index is 527. The molecule has 0 aliphatic heterocycles. The van der Waals surface area contributed by atoms with Crippen LogP contribution in [0.4, 0.5) is 5.13 Å². The molecule has 0 aliphatic carbocycles. The van der Waals surface area contributed by atoms with E-state index in [2.05, 4.69) is 17.2 Å². The van der Waals surface area contributed by atoms with Crippen molar-refractivity contribution >= 4 is 26.7 Å². The summed E-state index contributed by atoms with van der Waals surface area (Å²) < 4.78 is 11.8. The molecule has 0 saturated heterocycles. The summed E-state index contributed by atoms with van der Waals surface area (Å²) in [6.07, 6.45) is 0. The molecule has 0 spiro atoms. The normalized spacial score (nSPS) is 12.6. The Morgan fingerprint density at radius 1 is 1.42 bits per heavy atom. The fourth-order valence-electron chi connectivity index (χ4n) is 1.84. The van der Waals surface area contributed by atoms with Crippen LogP contribution >= 0.6 is 11.3 Å². The van der Waals surface area contributed by atoms with Crippen LogP contribution in [0.25, 0.3) is 10.2 Å². The van der Waals surface area contributed by atoms with Crippen molar-refractivity contribution < 1.29 is 9.47 Å². The number of fused-ring (bicyclic) bond motifs is 1. The number of methoxy groups -OCH3 is 1. The molecule has 0 radical (unpaired) electrons. The number of rotatable bonds is 7. The van der Waals surface area contributed by atoms with Crippen LogP contribution in [0.15, 0.2) is 18.2 Å². The summed E-state index contributed by atoms with van der Waals surface area (Å²) in [5.74, 6) is 1.37. The van der Waals surface area contributed by atoms with Gasteiger partial charge in [0.05, 0.1) is 23.4 Å². The van der Waals surface area contributed by atoms with Gasteiger partial charge in [0.2, 0.25) is 0 Å². The number of anilines is 1. The fraction of sp³-hybridized carbons (Fsp3) is 0.500. The number of nitrogens with zero attached hydrogens (tertiary/aromatic N) is 1. The third kappa shape index (κ3) is 3.81. The second kappa shape index (κ2) is 6.73. The lowest BCUT2D eigenvalue weighted by atomic mass is 10.2. The molecule has 1 unspecified atom stereocenters. The monoisotopic (exact) mass is 280 g/mol. The second-order valence-electron chi connectivity index (χ2n) is 4.52. The van der Waals surface area contributed by atoms with Crippen LogP contribution in [0.3, 0.4) is 0 Å². The Morgan fingerprint density at radius 3 is 3.00 bits per heavy atom. The number of nitrogens with one attached hydrogen (secondary N) is 1. The summed E-state index contributed by atoms with van der Waals surface area (Å²) in [5, 5.41) is 4.31. The van der Waals surface area contributed by atoms with Crippen LogP contribution in [-0.2, 0) is 4.74 Å². The highest BCUT2D eigenvalue weighted by molar-refractivity contribution is 7.22. The SMILES string of the molecule is CCOc1ccc2nc(NCC(C)COC)sc2c1. The molecule has 0 saturated carbocycles. The summed E-state index contributed by atoms with van der Waals surface area (Å²) in [6, 6.07) is 6.00. The molecule has 1 aromatic heterocycles. The lowest BCUT2D eigenvalue weighted by molar-refractivity contribution is 0.164. The first kappa shape index (κ1) is 14.1. The number of thiazole rings is 1. The van der Waals surface area contributed by atoms with E-state index in [0.29, 0.717) is 12.5 Å². The molecular weight excluding hydrogens is 260 g/mol. The Labute approximate surface area is 117 Å². The molecule has 1 atom stereocenters. The van der Waals surface area contributed by atoms with E-state index in [4.69, 9.17) is 9.47 Å². The molecule has 1 aromatic carbocycles. The van der Waals surface area contributed by atoms with E-state index in [1.807, 2.05) is 25.1 Å². The number of hydrogen-bond acceptors (Lipinski definition) is 5. The average molecular weight is 280 g/mol. The van der Waals surface area contributed by atoms with Crippen molar-refractivity contribution in [3.05, 3.63) is 18.2 Å². The van der Waals surface area contributed by atoms with E-state index in [-0.39, 0.29) is 0 Å². The van der Waals surface area contributed by atoms with Crippen molar-refractivity contribution in [2.24, 2.45) is 5.92 Å². The zero-order valence-corrected chi connectivity index (χ0v) is 12.4. The van der Waals surface area contributed by atoms with Gasteiger partial charge in [-0.25, -0.2) is 4.98 Å². The Balaban J connectivity index is 2.04. The van der Waals surface area contributed by atoms with Gasteiger partial charge in [0, 0.05) is 13.7 Å². The van der Waals surface area contributed by atoms with E-state index < -0.39 is 0 Å². The molecule has 1 heterocycles. The molecule has 2 aromatic rings. The van der Waals surface area contributed by atoms with Crippen LogP contribution in [0.1, 0.15) is 13.8 Å². The van der Waals surface area contributed by atoms with Gasteiger partial charge in [0.25, 0.3) is 0 Å². The standard InChI is InChI=1S/C14H20N2O2S/c1-4-18-11-5-6-12-13(7-11)19-14(16-12)15-8-10(2)9-17-3/h5-7,10H,4,8-9H2,1-3H3,(H,15,16). The van der Waals surface area contributed by atoms with Crippen LogP contribution in [0, 0.1) is 5.92 Å². The largest absolute Gasteiger partial charge is 0.494 e. The molecule has 0 fully saturated rings. The lowest BCUT2D eigenvalue weighted by Gasteiger charge is -2.09. The van der Waals surface area contributed by atoms with Gasteiger partial charge in [-0.3, -0.25) is 0 Å². The molecule has 5 heteroatoms. The van der Waals surface area contributed by atoms with Crippen molar-refractivity contribution in [3.8, 4) is 5.75 Å². The molecular formula is C14H20N2O2S. The van der Waals surface area contributed by atoms with Gasteiger partial charge in [0.15, 0.2) is 5.13 Å². The molecule has 1 N–H and O–H groups in total. The smallest absolute Gasteiger partial charge is 0.183 e. The van der Waals surface area contributed by atoms with E-state index in [9.17, 15) is 0 Å². The zero-order chi connectivity index (χ0) is 13.7. The summed E-state index contributed by atoms with van der Waals surface area (Å²) in [7, 11) is 1.73. The lowest BCUT2D eigenvalue weighted by Crippen LogP contribution is -2.15. The predicted molar refractivity (Wildman–Crippen MR) is 80.3 cm³/mol. The van der Waals surface area contributed by atoms with E-state index in [1.54, 1.807) is 18.4 Å². The topological polar surface area (TPSA) is 43.4 Å². The minimum Gasteiger partial charge on any atom is -0.494 e. The third-order valence-corrected chi connectivity index (χ3v) is 3.70. The van der Waals surface area contributed by atoms with Gasteiger partial charge in [-0.15, -0.1) is 0 Å². The quantitative estimate of drug-likeness (QED) is 0.844. The first-order valence-electron chi connectivity index (χ1n) is 6.49. The average Bonchev–Trinajstić information content (AvgIpc) is 2.79. The first-order valence-corrected chi connectivity index (χ1v) is 7.30. The van der Waals surface area contributed by atoms with Gasteiger partial charge in [-0.1, -0.05) is 18.3 Å². The van der Waals surface area contributed by atoms with Crippen LogP contribution in [-0.4, -0.2) is 31.9 Å². The van der Waals surface area contributed by atoms with E-state index in [1.165, 1.54) is 0 Å². The van der Waals surface area contributed by atoms with Crippen molar-refractivity contribution in [1.82, 2.24) is 4.98 Å². The molecule has 19 heavy (non-hydrogen) atoms. The Kier molecular flexibility index (Phi) is 4.99. The highest BCUT2D eigenvalue weighted by atomic mass is 32.1. The van der Waals surface area contributed by atoms with Crippen molar-refractivity contribution in [1.29, 1.82) is 0 Å². The summed E-state index contributed by atoms with van der Waals surface area (Å²) in [5.41, 5.74) is 1.01. The highest BCUT2D eigenvalue weighted by Crippen LogP contribution is 2.29. The maximum atomic E-state index is 5.50. The second-order valence-corrected chi connectivity index (χ2v) is 5.55. The zero-order valence-electron chi connectivity index (χ0n) is 11.6.